The van der Waals surface area contributed by atoms with E-state index in [-0.39, 0.29) is 11.5 Å². The average molecular weight is 209 g/mol. The monoisotopic (exact) mass is 209 g/mol. The molecule has 0 radical (unpaired) electrons. The van der Waals surface area contributed by atoms with E-state index in [0.717, 1.165) is 6.07 Å². The molecule has 15 heavy (non-hydrogen) atoms. The van der Waals surface area contributed by atoms with Crippen LogP contribution >= 0.6 is 0 Å². The fourth-order valence-corrected chi connectivity index (χ4v) is 1.43. The average Bonchev–Trinajstić information content (AvgIpc) is 2.45. The number of hydrogen-bond acceptors (Lipinski definition) is 2. The summed E-state index contributed by atoms with van der Waals surface area (Å²) in [7, 11) is 0. The van der Waals surface area contributed by atoms with Crippen molar-refractivity contribution < 1.29 is 8.78 Å². The topological polar surface area (TPSA) is 54.7 Å². The molecule has 2 rings (SSSR count). The lowest BCUT2D eigenvalue weighted by atomic mass is 10.1. The van der Waals surface area contributed by atoms with E-state index in [9.17, 15) is 8.78 Å². The fourth-order valence-electron chi connectivity index (χ4n) is 1.43. The minimum atomic E-state index is -0.649. The van der Waals surface area contributed by atoms with Crippen molar-refractivity contribution in [3.63, 3.8) is 0 Å². The first kappa shape index (κ1) is 9.64. The number of nitrogens with two attached hydrogens (primary N) is 1. The van der Waals surface area contributed by atoms with Crippen LogP contribution < -0.4 is 5.73 Å². The normalized spacial score (nSPS) is 10.6. The van der Waals surface area contributed by atoms with Crippen LogP contribution in [0.4, 0.5) is 14.7 Å². The van der Waals surface area contributed by atoms with Gasteiger partial charge in [-0.15, -0.1) is 0 Å². The van der Waals surface area contributed by atoms with Crippen LogP contribution in [0.3, 0.4) is 0 Å². The Morgan fingerprint density at radius 3 is 2.60 bits per heavy atom. The molecule has 0 aliphatic heterocycles. The van der Waals surface area contributed by atoms with Gasteiger partial charge in [0.2, 0.25) is 0 Å². The lowest BCUT2D eigenvalue weighted by Crippen LogP contribution is -1.89. The van der Waals surface area contributed by atoms with Gasteiger partial charge in [-0.1, -0.05) is 0 Å². The summed E-state index contributed by atoms with van der Waals surface area (Å²) in [6.07, 6.45) is 0. The van der Waals surface area contributed by atoms with Crippen LogP contribution in [0.1, 0.15) is 5.69 Å². The van der Waals surface area contributed by atoms with Gasteiger partial charge in [0, 0.05) is 17.3 Å². The van der Waals surface area contributed by atoms with Crippen molar-refractivity contribution in [2.45, 2.75) is 6.92 Å². The summed E-state index contributed by atoms with van der Waals surface area (Å²) in [4.78, 5) is 6.68. The number of aromatic nitrogens is 2. The van der Waals surface area contributed by atoms with Gasteiger partial charge in [0.15, 0.2) is 5.95 Å². The maximum absolute atomic E-state index is 13.4. The van der Waals surface area contributed by atoms with Crippen molar-refractivity contribution >= 4 is 5.95 Å². The zero-order chi connectivity index (χ0) is 11.0. The van der Waals surface area contributed by atoms with Gasteiger partial charge in [-0.25, -0.2) is 13.8 Å². The zero-order valence-corrected chi connectivity index (χ0v) is 8.01. The highest BCUT2D eigenvalue weighted by atomic mass is 19.1. The van der Waals surface area contributed by atoms with E-state index in [1.807, 2.05) is 0 Å². The number of aryl methyl sites for hydroxylation is 1. The lowest BCUT2D eigenvalue weighted by molar-refractivity contribution is 0.585. The Morgan fingerprint density at radius 1 is 1.33 bits per heavy atom. The molecule has 2 aromatic rings. The number of nitrogens with one attached hydrogen (secondary N) is 1. The van der Waals surface area contributed by atoms with E-state index < -0.39 is 11.6 Å². The molecule has 0 aliphatic rings. The third-order valence-corrected chi connectivity index (χ3v) is 2.09. The van der Waals surface area contributed by atoms with Crippen molar-refractivity contribution in [3.05, 3.63) is 35.5 Å². The molecule has 0 fully saturated rings. The largest absolute Gasteiger partial charge is 0.369 e. The number of aromatic amines is 1. The third-order valence-electron chi connectivity index (χ3n) is 2.09. The van der Waals surface area contributed by atoms with E-state index in [4.69, 9.17) is 5.73 Å². The Bertz CT molecular complexity index is 505. The minimum Gasteiger partial charge on any atom is -0.369 e. The maximum Gasteiger partial charge on any atom is 0.198 e. The molecule has 0 unspecified atom stereocenters. The summed E-state index contributed by atoms with van der Waals surface area (Å²) in [6.45, 7) is 1.72. The molecule has 0 atom stereocenters. The summed E-state index contributed by atoms with van der Waals surface area (Å²) in [5.41, 5.74) is 6.73. The molecule has 78 valence electrons. The first-order valence-electron chi connectivity index (χ1n) is 4.35. The fraction of sp³-hybridized carbons (Fsp3) is 0.100. The van der Waals surface area contributed by atoms with Crippen LogP contribution in [0.15, 0.2) is 18.2 Å². The van der Waals surface area contributed by atoms with Gasteiger partial charge in [0.25, 0.3) is 0 Å². The number of nitrogen functional groups attached to an aromatic ring is 1. The number of hydrogen-bond donors (Lipinski definition) is 2. The maximum atomic E-state index is 13.4. The predicted octanol–water partition coefficient (Wildman–Crippen LogP) is 2.25. The van der Waals surface area contributed by atoms with E-state index in [0.29, 0.717) is 11.4 Å². The van der Waals surface area contributed by atoms with E-state index in [1.54, 1.807) is 6.92 Å². The second kappa shape index (κ2) is 3.34. The molecule has 0 aliphatic carbocycles. The van der Waals surface area contributed by atoms with Crippen LogP contribution in [0.25, 0.3) is 11.3 Å². The number of nitrogens with zero attached hydrogens (tertiary/aromatic N) is 1. The number of imidazole rings is 1. The van der Waals surface area contributed by atoms with Gasteiger partial charge < -0.3 is 10.7 Å². The Morgan fingerprint density at radius 2 is 2.07 bits per heavy atom. The molecule has 1 aromatic carbocycles. The molecule has 3 N–H and O–H groups in total. The molecule has 0 spiro atoms. The van der Waals surface area contributed by atoms with Gasteiger partial charge in [0.05, 0.1) is 5.69 Å². The van der Waals surface area contributed by atoms with Crippen molar-refractivity contribution in [1.82, 2.24) is 9.97 Å². The molecule has 5 heteroatoms. The number of H-pyrrole nitrogens is 1. The van der Waals surface area contributed by atoms with Gasteiger partial charge in [-0.05, 0) is 19.1 Å². The summed E-state index contributed by atoms with van der Waals surface area (Å²) < 4.78 is 26.1. The van der Waals surface area contributed by atoms with Crippen LogP contribution in [-0.4, -0.2) is 9.97 Å². The summed E-state index contributed by atoms with van der Waals surface area (Å²) >= 11 is 0. The summed E-state index contributed by atoms with van der Waals surface area (Å²) in [5.74, 6) is -1.05. The standard InChI is InChI=1S/C10H9F2N3/c1-5-9(15-10(13)14-5)7-3-2-6(11)4-8(7)12/h2-4H,1H3,(H3,13,14,15). The van der Waals surface area contributed by atoms with Gasteiger partial charge in [-0.3, -0.25) is 0 Å². The number of halogens is 2. The molecular formula is C10H9F2N3. The van der Waals surface area contributed by atoms with Gasteiger partial charge >= 0.3 is 0 Å². The molecule has 1 aromatic heterocycles. The number of rotatable bonds is 1. The van der Waals surface area contributed by atoms with Crippen molar-refractivity contribution in [3.8, 4) is 11.3 Å². The highest BCUT2D eigenvalue weighted by Crippen LogP contribution is 2.25. The molecule has 0 saturated heterocycles. The van der Waals surface area contributed by atoms with Crippen molar-refractivity contribution in [1.29, 1.82) is 0 Å². The first-order chi connectivity index (χ1) is 7.08. The van der Waals surface area contributed by atoms with E-state index in [1.165, 1.54) is 12.1 Å². The smallest absolute Gasteiger partial charge is 0.198 e. The summed E-state index contributed by atoms with van der Waals surface area (Å²) in [6, 6.07) is 3.34. The number of anilines is 1. The van der Waals surface area contributed by atoms with E-state index in [2.05, 4.69) is 9.97 Å². The molecule has 1 heterocycles. The number of benzene rings is 1. The SMILES string of the molecule is Cc1[nH]c(N)nc1-c1ccc(F)cc1F. The molecule has 0 saturated carbocycles. The Balaban J connectivity index is 2.59. The highest BCUT2D eigenvalue weighted by molar-refractivity contribution is 5.64. The quantitative estimate of drug-likeness (QED) is 0.756. The van der Waals surface area contributed by atoms with Crippen molar-refractivity contribution in [2.75, 3.05) is 5.73 Å². The Labute approximate surface area is 85.0 Å². The molecule has 3 nitrogen and oxygen atoms in total. The second-order valence-corrected chi connectivity index (χ2v) is 3.22. The van der Waals surface area contributed by atoms with Crippen LogP contribution in [-0.2, 0) is 0 Å². The zero-order valence-electron chi connectivity index (χ0n) is 8.01. The molecule has 0 bridgehead atoms. The second-order valence-electron chi connectivity index (χ2n) is 3.22. The van der Waals surface area contributed by atoms with Crippen LogP contribution in [0, 0.1) is 18.6 Å². The molecule has 0 amide bonds. The predicted molar refractivity (Wildman–Crippen MR) is 53.1 cm³/mol. The first-order valence-corrected chi connectivity index (χ1v) is 4.35. The minimum absolute atomic E-state index is 0.214. The van der Waals surface area contributed by atoms with Crippen molar-refractivity contribution in [2.24, 2.45) is 0 Å². The highest BCUT2D eigenvalue weighted by Gasteiger charge is 2.12. The van der Waals surface area contributed by atoms with E-state index >= 15 is 0 Å². The van der Waals surface area contributed by atoms with Gasteiger partial charge in [0.1, 0.15) is 11.6 Å². The van der Waals surface area contributed by atoms with Gasteiger partial charge in [-0.2, -0.15) is 0 Å². The van der Waals surface area contributed by atoms with Crippen LogP contribution in [0.5, 0.6) is 0 Å². The Kier molecular flexibility index (Phi) is 2.15. The molecular weight excluding hydrogens is 200 g/mol. The third kappa shape index (κ3) is 1.68. The summed E-state index contributed by atoms with van der Waals surface area (Å²) in [5, 5.41) is 0. The van der Waals surface area contributed by atoms with Crippen LogP contribution in [0.2, 0.25) is 0 Å². The Hall–Kier alpha value is -1.91. The lowest BCUT2D eigenvalue weighted by Gasteiger charge is -2.00.